The van der Waals surface area contributed by atoms with Crippen molar-refractivity contribution in [3.05, 3.63) is 42.2 Å². The Morgan fingerprint density at radius 1 is 1.37 bits per heavy atom. The van der Waals surface area contributed by atoms with E-state index in [9.17, 15) is 4.79 Å². The minimum absolute atomic E-state index is 0.0850. The van der Waals surface area contributed by atoms with Gasteiger partial charge in [-0.3, -0.25) is 9.78 Å². The summed E-state index contributed by atoms with van der Waals surface area (Å²) in [6.45, 7) is 1.34. The van der Waals surface area contributed by atoms with E-state index in [0.29, 0.717) is 19.5 Å². The number of benzene rings is 1. The maximum atomic E-state index is 11.9. The molecule has 0 radical (unpaired) electrons. The molecule has 19 heavy (non-hydrogen) atoms. The van der Waals surface area contributed by atoms with Crippen LogP contribution in [0.15, 0.2) is 36.7 Å². The maximum Gasteiger partial charge on any atom is 0.223 e. The number of nitrogens with zero attached hydrogens (tertiary/aromatic N) is 2. The largest absolute Gasteiger partial charge is 0.396 e. The van der Waals surface area contributed by atoms with Crippen LogP contribution < -0.4 is 0 Å². The van der Waals surface area contributed by atoms with E-state index in [1.165, 1.54) is 0 Å². The van der Waals surface area contributed by atoms with Crippen LogP contribution in [0.25, 0.3) is 10.8 Å². The molecule has 1 saturated heterocycles. The Morgan fingerprint density at radius 3 is 3.05 bits per heavy atom. The fourth-order valence-electron chi connectivity index (χ4n) is 2.66. The number of aromatic nitrogens is 1. The first-order chi connectivity index (χ1) is 9.28. The van der Waals surface area contributed by atoms with Gasteiger partial charge in [-0.25, -0.2) is 0 Å². The van der Waals surface area contributed by atoms with Crippen molar-refractivity contribution in [1.82, 2.24) is 9.88 Å². The van der Waals surface area contributed by atoms with E-state index < -0.39 is 0 Å². The molecular weight excluding hydrogens is 240 g/mol. The fourth-order valence-corrected chi connectivity index (χ4v) is 2.66. The Morgan fingerprint density at radius 2 is 2.26 bits per heavy atom. The Balaban J connectivity index is 1.88. The highest BCUT2D eigenvalue weighted by Crippen LogP contribution is 2.23. The summed E-state index contributed by atoms with van der Waals surface area (Å²) in [7, 11) is 0. The van der Waals surface area contributed by atoms with Crippen molar-refractivity contribution >= 4 is 16.7 Å². The standard InChI is InChI=1S/C15H16N2O2/c18-10-11-6-15(19)17(8-11)9-13-3-1-2-12-7-16-5-4-14(12)13/h1-5,7,11,18H,6,8-10H2. The van der Waals surface area contributed by atoms with Gasteiger partial charge in [-0.2, -0.15) is 0 Å². The van der Waals surface area contributed by atoms with Gasteiger partial charge in [0, 0.05) is 49.8 Å². The quantitative estimate of drug-likeness (QED) is 0.907. The minimum Gasteiger partial charge on any atom is -0.396 e. The molecule has 0 aliphatic carbocycles. The summed E-state index contributed by atoms with van der Waals surface area (Å²) in [4.78, 5) is 17.8. The molecule has 98 valence electrons. The van der Waals surface area contributed by atoms with Crippen molar-refractivity contribution in [3.63, 3.8) is 0 Å². The minimum atomic E-state index is 0.0850. The molecule has 1 aliphatic heterocycles. The van der Waals surface area contributed by atoms with E-state index in [1.807, 2.05) is 35.4 Å². The van der Waals surface area contributed by atoms with Gasteiger partial charge in [0.15, 0.2) is 0 Å². The molecule has 2 aromatic rings. The van der Waals surface area contributed by atoms with Crippen LogP contribution in [0.4, 0.5) is 0 Å². The molecule has 1 amide bonds. The lowest BCUT2D eigenvalue weighted by Gasteiger charge is -2.17. The first kappa shape index (κ1) is 12.1. The highest BCUT2D eigenvalue weighted by atomic mass is 16.3. The van der Waals surface area contributed by atoms with Crippen LogP contribution in [0, 0.1) is 5.92 Å². The first-order valence-electron chi connectivity index (χ1n) is 6.48. The van der Waals surface area contributed by atoms with Crippen LogP contribution in [0.2, 0.25) is 0 Å². The molecule has 2 heterocycles. The summed E-state index contributed by atoms with van der Waals surface area (Å²) < 4.78 is 0. The molecule has 1 aromatic carbocycles. The summed E-state index contributed by atoms with van der Waals surface area (Å²) in [6.07, 6.45) is 4.07. The number of rotatable bonds is 3. The molecule has 1 N–H and O–H groups in total. The third-order valence-corrected chi connectivity index (χ3v) is 3.69. The van der Waals surface area contributed by atoms with Crippen LogP contribution in [0.3, 0.4) is 0 Å². The predicted molar refractivity (Wildman–Crippen MR) is 72.4 cm³/mol. The van der Waals surface area contributed by atoms with Crippen molar-refractivity contribution in [2.45, 2.75) is 13.0 Å². The zero-order valence-corrected chi connectivity index (χ0v) is 10.6. The Hall–Kier alpha value is -1.94. The summed E-state index contributed by atoms with van der Waals surface area (Å²) in [5.41, 5.74) is 1.13. The highest BCUT2D eigenvalue weighted by molar-refractivity contribution is 5.85. The Kier molecular flexibility index (Phi) is 3.17. The van der Waals surface area contributed by atoms with Crippen molar-refractivity contribution in [2.75, 3.05) is 13.2 Å². The van der Waals surface area contributed by atoms with Gasteiger partial charge in [0.1, 0.15) is 0 Å². The van der Waals surface area contributed by atoms with Gasteiger partial charge in [0.2, 0.25) is 5.91 Å². The predicted octanol–water partition coefficient (Wildman–Crippen LogP) is 1.58. The van der Waals surface area contributed by atoms with E-state index in [2.05, 4.69) is 4.98 Å². The van der Waals surface area contributed by atoms with E-state index in [-0.39, 0.29) is 18.4 Å². The van der Waals surface area contributed by atoms with Gasteiger partial charge in [0.25, 0.3) is 0 Å². The molecule has 1 unspecified atom stereocenters. The number of aliphatic hydroxyl groups is 1. The summed E-state index contributed by atoms with van der Waals surface area (Å²) >= 11 is 0. The van der Waals surface area contributed by atoms with E-state index in [4.69, 9.17) is 5.11 Å². The molecule has 0 spiro atoms. The van der Waals surface area contributed by atoms with Crippen molar-refractivity contribution in [3.8, 4) is 0 Å². The van der Waals surface area contributed by atoms with Crippen LogP contribution in [-0.2, 0) is 11.3 Å². The van der Waals surface area contributed by atoms with Crippen LogP contribution in [-0.4, -0.2) is 34.0 Å². The molecule has 1 atom stereocenters. The van der Waals surface area contributed by atoms with Gasteiger partial charge < -0.3 is 10.0 Å². The second-order valence-electron chi connectivity index (χ2n) is 5.04. The summed E-state index contributed by atoms with van der Waals surface area (Å²) in [5.74, 6) is 0.217. The summed E-state index contributed by atoms with van der Waals surface area (Å²) in [6, 6.07) is 8.04. The average molecular weight is 256 g/mol. The van der Waals surface area contributed by atoms with Gasteiger partial charge in [-0.05, 0) is 17.0 Å². The zero-order chi connectivity index (χ0) is 13.2. The first-order valence-corrected chi connectivity index (χ1v) is 6.48. The van der Waals surface area contributed by atoms with Crippen molar-refractivity contribution < 1.29 is 9.90 Å². The molecule has 3 rings (SSSR count). The number of carbonyl (C=O) groups is 1. The molecule has 1 aromatic heterocycles. The average Bonchev–Trinajstić information content (AvgIpc) is 2.80. The van der Waals surface area contributed by atoms with E-state index in [1.54, 1.807) is 6.20 Å². The molecule has 4 heteroatoms. The second-order valence-corrected chi connectivity index (χ2v) is 5.04. The zero-order valence-electron chi connectivity index (χ0n) is 10.6. The Labute approximate surface area is 111 Å². The van der Waals surface area contributed by atoms with Gasteiger partial charge in [-0.1, -0.05) is 18.2 Å². The summed E-state index contributed by atoms with van der Waals surface area (Å²) in [5, 5.41) is 11.4. The third kappa shape index (κ3) is 2.31. The number of likely N-dealkylation sites (tertiary alicyclic amines) is 1. The van der Waals surface area contributed by atoms with Gasteiger partial charge in [-0.15, -0.1) is 0 Å². The normalized spacial score (nSPS) is 19.3. The van der Waals surface area contributed by atoms with Gasteiger partial charge >= 0.3 is 0 Å². The Bertz CT molecular complexity index is 607. The number of amides is 1. The molecule has 4 nitrogen and oxygen atoms in total. The topological polar surface area (TPSA) is 53.4 Å². The number of carbonyl (C=O) groups excluding carboxylic acids is 1. The lowest BCUT2D eigenvalue weighted by Crippen LogP contribution is -2.25. The number of aliphatic hydroxyl groups excluding tert-OH is 1. The number of hydrogen-bond acceptors (Lipinski definition) is 3. The second kappa shape index (κ2) is 4.97. The molecule has 0 bridgehead atoms. The molecule has 0 saturated carbocycles. The SMILES string of the molecule is O=C1CC(CO)CN1Cc1cccc2cnccc12. The van der Waals surface area contributed by atoms with Crippen molar-refractivity contribution in [2.24, 2.45) is 5.92 Å². The number of hydrogen-bond donors (Lipinski definition) is 1. The van der Waals surface area contributed by atoms with E-state index in [0.717, 1.165) is 16.3 Å². The third-order valence-electron chi connectivity index (χ3n) is 3.69. The molecular formula is C15H16N2O2. The number of fused-ring (bicyclic) bond motifs is 1. The van der Waals surface area contributed by atoms with E-state index >= 15 is 0 Å². The van der Waals surface area contributed by atoms with Crippen molar-refractivity contribution in [1.29, 1.82) is 0 Å². The lowest BCUT2D eigenvalue weighted by atomic mass is 10.1. The molecule has 1 fully saturated rings. The highest BCUT2D eigenvalue weighted by Gasteiger charge is 2.29. The smallest absolute Gasteiger partial charge is 0.223 e. The van der Waals surface area contributed by atoms with Crippen LogP contribution in [0.1, 0.15) is 12.0 Å². The van der Waals surface area contributed by atoms with Gasteiger partial charge in [0.05, 0.1) is 0 Å². The molecule has 1 aliphatic rings. The number of pyridine rings is 1. The fraction of sp³-hybridized carbons (Fsp3) is 0.333. The maximum absolute atomic E-state index is 11.9. The van der Waals surface area contributed by atoms with Crippen LogP contribution >= 0.6 is 0 Å². The van der Waals surface area contributed by atoms with Crippen LogP contribution in [0.5, 0.6) is 0 Å². The monoisotopic (exact) mass is 256 g/mol. The lowest BCUT2D eigenvalue weighted by molar-refractivity contribution is -0.128.